The number of likely N-dealkylation sites (tertiary alicyclic amines) is 1. The molecule has 1 aliphatic rings. The van der Waals surface area contributed by atoms with Gasteiger partial charge in [0.1, 0.15) is 6.54 Å². The van der Waals surface area contributed by atoms with Crippen LogP contribution in [0.1, 0.15) is 12.8 Å². The third-order valence-corrected chi connectivity index (χ3v) is 4.20. The van der Waals surface area contributed by atoms with Gasteiger partial charge in [0.05, 0.1) is 4.90 Å². The first kappa shape index (κ1) is 18.5. The number of rotatable bonds is 6. The van der Waals surface area contributed by atoms with Gasteiger partial charge in [0.15, 0.2) is 6.61 Å². The third kappa shape index (κ3) is 5.09. The van der Waals surface area contributed by atoms with E-state index in [-0.39, 0.29) is 23.4 Å². The zero-order chi connectivity index (χ0) is 18.6. The Morgan fingerprint density at radius 2 is 1.68 bits per heavy atom. The molecule has 0 spiro atoms. The molecule has 10 nitrogen and oxygen atoms in total. The van der Waals surface area contributed by atoms with Gasteiger partial charge < -0.3 is 10.1 Å². The summed E-state index contributed by atoms with van der Waals surface area (Å²) >= 11 is 0. The predicted octanol–water partition coefficient (Wildman–Crippen LogP) is -1.04. The summed E-state index contributed by atoms with van der Waals surface area (Å²) in [5.41, 5.74) is 0.276. The summed E-state index contributed by atoms with van der Waals surface area (Å²) in [5, 5.41) is 7.34. The first-order chi connectivity index (χ1) is 11.7. The van der Waals surface area contributed by atoms with Gasteiger partial charge >= 0.3 is 5.97 Å². The lowest BCUT2D eigenvalue weighted by molar-refractivity contribution is -0.153. The maximum atomic E-state index is 11.7. The highest BCUT2D eigenvalue weighted by Gasteiger charge is 2.31. The molecule has 0 unspecified atom stereocenters. The quantitative estimate of drug-likeness (QED) is 0.480. The zero-order valence-electron chi connectivity index (χ0n) is 12.9. The molecule has 1 saturated heterocycles. The number of imide groups is 1. The number of benzene rings is 1. The van der Waals surface area contributed by atoms with Gasteiger partial charge in [0.2, 0.25) is 21.8 Å². The number of hydrogen-bond acceptors (Lipinski definition) is 7. The number of primary sulfonamides is 1. The Balaban J connectivity index is 1.81. The number of nitrogens with two attached hydrogens (primary N) is 1. The number of amides is 3. The second kappa shape index (κ2) is 7.40. The van der Waals surface area contributed by atoms with Crippen LogP contribution in [-0.4, -0.2) is 50.2 Å². The molecule has 1 aromatic carbocycles. The van der Waals surface area contributed by atoms with Crippen molar-refractivity contribution < 1.29 is 32.3 Å². The average Bonchev–Trinajstić information content (AvgIpc) is 2.84. The molecule has 1 fully saturated rings. The molecule has 0 radical (unpaired) electrons. The van der Waals surface area contributed by atoms with Crippen LogP contribution in [0.2, 0.25) is 0 Å². The van der Waals surface area contributed by atoms with Crippen LogP contribution in [0.3, 0.4) is 0 Å². The van der Waals surface area contributed by atoms with Crippen LogP contribution in [0.15, 0.2) is 29.2 Å². The van der Waals surface area contributed by atoms with Gasteiger partial charge in [-0.05, 0) is 24.3 Å². The van der Waals surface area contributed by atoms with Crippen LogP contribution in [0.5, 0.6) is 0 Å². The molecule has 134 valence electrons. The van der Waals surface area contributed by atoms with Crippen molar-refractivity contribution >= 4 is 39.4 Å². The Hall–Kier alpha value is -2.79. The summed E-state index contributed by atoms with van der Waals surface area (Å²) in [6.07, 6.45) is 0.113. The molecule has 1 aliphatic heterocycles. The van der Waals surface area contributed by atoms with Crippen molar-refractivity contribution in [3.63, 3.8) is 0 Å². The Kier molecular flexibility index (Phi) is 5.49. The van der Waals surface area contributed by atoms with Gasteiger partial charge in [-0.2, -0.15) is 0 Å². The van der Waals surface area contributed by atoms with Crippen LogP contribution in [0.25, 0.3) is 0 Å². The molecule has 25 heavy (non-hydrogen) atoms. The second-order valence-electron chi connectivity index (χ2n) is 5.15. The summed E-state index contributed by atoms with van der Waals surface area (Å²) in [6.45, 7) is -1.15. The van der Waals surface area contributed by atoms with E-state index >= 15 is 0 Å². The number of sulfonamides is 1. The summed E-state index contributed by atoms with van der Waals surface area (Å²) in [6, 6.07) is 5.06. The Morgan fingerprint density at radius 3 is 2.20 bits per heavy atom. The van der Waals surface area contributed by atoms with Gasteiger partial charge in [-0.15, -0.1) is 0 Å². The molecule has 0 bridgehead atoms. The number of esters is 1. The normalized spacial score (nSPS) is 14.5. The van der Waals surface area contributed by atoms with E-state index < -0.39 is 46.9 Å². The average molecular weight is 369 g/mol. The number of nitrogens with zero attached hydrogens (tertiary/aromatic N) is 1. The van der Waals surface area contributed by atoms with Crippen LogP contribution in [0.4, 0.5) is 5.69 Å². The minimum Gasteiger partial charge on any atom is -0.454 e. The SMILES string of the molecule is NS(=O)(=O)c1ccc(NC(=O)COC(=O)CN2C(=O)CCC2=O)cc1. The minimum absolute atomic E-state index is 0.0567. The Labute approximate surface area is 143 Å². The lowest BCUT2D eigenvalue weighted by Gasteiger charge is -2.12. The molecule has 3 N–H and O–H groups in total. The fourth-order valence-electron chi connectivity index (χ4n) is 2.05. The van der Waals surface area contributed by atoms with Gasteiger partial charge in [-0.1, -0.05) is 0 Å². The van der Waals surface area contributed by atoms with E-state index in [0.717, 1.165) is 4.90 Å². The van der Waals surface area contributed by atoms with Crippen LogP contribution < -0.4 is 10.5 Å². The van der Waals surface area contributed by atoms with Crippen molar-refractivity contribution in [2.45, 2.75) is 17.7 Å². The molecule has 1 heterocycles. The number of nitrogens with one attached hydrogen (secondary N) is 1. The molecule has 1 aromatic rings. The minimum atomic E-state index is -3.83. The summed E-state index contributed by atoms with van der Waals surface area (Å²) in [7, 11) is -3.83. The molecule has 0 saturated carbocycles. The van der Waals surface area contributed by atoms with Crippen LogP contribution in [-0.2, 0) is 33.9 Å². The van der Waals surface area contributed by atoms with E-state index in [0.29, 0.717) is 0 Å². The van der Waals surface area contributed by atoms with Crippen molar-refractivity contribution in [3.05, 3.63) is 24.3 Å². The first-order valence-corrected chi connectivity index (χ1v) is 8.63. The topological polar surface area (TPSA) is 153 Å². The highest BCUT2D eigenvalue weighted by molar-refractivity contribution is 7.89. The standard InChI is InChI=1S/C14H15N3O7S/c15-25(22,23)10-3-1-9(2-4-10)16-11(18)8-24-14(21)7-17-12(19)5-6-13(17)20/h1-4H,5-8H2,(H,16,18)(H2,15,22,23). The summed E-state index contributed by atoms with van der Waals surface area (Å²) < 4.78 is 26.9. The maximum Gasteiger partial charge on any atom is 0.326 e. The highest BCUT2D eigenvalue weighted by atomic mass is 32.2. The highest BCUT2D eigenvalue weighted by Crippen LogP contribution is 2.13. The number of carbonyl (C=O) groups excluding carboxylic acids is 4. The van der Waals surface area contributed by atoms with Crippen molar-refractivity contribution in [3.8, 4) is 0 Å². The number of anilines is 1. The molecule has 2 rings (SSSR count). The van der Waals surface area contributed by atoms with Gasteiger partial charge in [-0.3, -0.25) is 24.1 Å². The maximum absolute atomic E-state index is 11.7. The Bertz CT molecular complexity index is 801. The third-order valence-electron chi connectivity index (χ3n) is 3.27. The summed E-state index contributed by atoms with van der Waals surface area (Å²) in [5.74, 6) is -2.47. The Morgan fingerprint density at radius 1 is 1.12 bits per heavy atom. The van der Waals surface area contributed by atoms with E-state index in [2.05, 4.69) is 5.32 Å². The van der Waals surface area contributed by atoms with Crippen LogP contribution >= 0.6 is 0 Å². The first-order valence-electron chi connectivity index (χ1n) is 7.08. The molecular formula is C14H15N3O7S. The van der Waals surface area contributed by atoms with Crippen molar-refractivity contribution in [1.29, 1.82) is 0 Å². The smallest absolute Gasteiger partial charge is 0.326 e. The van der Waals surface area contributed by atoms with Gasteiger partial charge in [0.25, 0.3) is 5.91 Å². The monoisotopic (exact) mass is 369 g/mol. The van der Waals surface area contributed by atoms with Crippen molar-refractivity contribution in [1.82, 2.24) is 4.90 Å². The number of hydrogen-bond donors (Lipinski definition) is 2. The van der Waals surface area contributed by atoms with Gasteiger partial charge in [-0.25, -0.2) is 13.6 Å². The fraction of sp³-hybridized carbons (Fsp3) is 0.286. The van der Waals surface area contributed by atoms with E-state index in [9.17, 15) is 27.6 Å². The lowest BCUT2D eigenvalue weighted by Crippen LogP contribution is -2.36. The largest absolute Gasteiger partial charge is 0.454 e. The van der Waals surface area contributed by atoms with Crippen molar-refractivity contribution in [2.75, 3.05) is 18.5 Å². The van der Waals surface area contributed by atoms with E-state index in [1.54, 1.807) is 0 Å². The predicted molar refractivity (Wildman–Crippen MR) is 83.4 cm³/mol. The number of ether oxygens (including phenoxy) is 1. The van der Waals surface area contributed by atoms with Crippen molar-refractivity contribution in [2.24, 2.45) is 5.14 Å². The van der Waals surface area contributed by atoms with E-state index in [1.165, 1.54) is 24.3 Å². The lowest BCUT2D eigenvalue weighted by atomic mass is 10.3. The molecule has 0 aliphatic carbocycles. The summed E-state index contributed by atoms with van der Waals surface area (Å²) in [4.78, 5) is 46.7. The number of carbonyl (C=O) groups is 4. The second-order valence-corrected chi connectivity index (χ2v) is 6.71. The molecule has 0 aromatic heterocycles. The fourth-order valence-corrected chi connectivity index (χ4v) is 2.56. The molecule has 0 atom stereocenters. The molecular weight excluding hydrogens is 354 g/mol. The van der Waals surface area contributed by atoms with E-state index in [1.807, 2.05) is 0 Å². The molecule has 3 amide bonds. The van der Waals surface area contributed by atoms with E-state index in [4.69, 9.17) is 9.88 Å². The zero-order valence-corrected chi connectivity index (χ0v) is 13.7. The van der Waals surface area contributed by atoms with Gasteiger partial charge in [0, 0.05) is 18.5 Å². The van der Waals surface area contributed by atoms with Crippen LogP contribution in [0, 0.1) is 0 Å². The molecule has 11 heteroatoms.